The second kappa shape index (κ2) is 7.47. The lowest BCUT2D eigenvalue weighted by molar-refractivity contribution is 0.0697. The van der Waals surface area contributed by atoms with E-state index in [0.717, 1.165) is 46.1 Å². The molecule has 0 aliphatic rings. The number of fused-ring (bicyclic) bond motifs is 1. The minimum absolute atomic E-state index is 0.303. The molecule has 0 saturated carbocycles. The summed E-state index contributed by atoms with van der Waals surface area (Å²) in [5.41, 5.74) is 5.59. The van der Waals surface area contributed by atoms with Crippen molar-refractivity contribution in [2.75, 3.05) is 0 Å². The van der Waals surface area contributed by atoms with Gasteiger partial charge in [0.15, 0.2) is 5.65 Å². The van der Waals surface area contributed by atoms with Crippen molar-refractivity contribution in [1.29, 1.82) is 0 Å². The monoisotopic (exact) mass is 386 g/mol. The van der Waals surface area contributed by atoms with E-state index in [0.29, 0.717) is 17.7 Å². The Labute approximate surface area is 168 Å². The summed E-state index contributed by atoms with van der Waals surface area (Å²) in [4.78, 5) is 25.3. The molecule has 2 heterocycles. The molecule has 0 unspecified atom stereocenters. The first-order valence-electron chi connectivity index (χ1n) is 9.60. The quantitative estimate of drug-likeness (QED) is 0.549. The molecular formula is C23H22N4O2. The minimum Gasteiger partial charge on any atom is -0.478 e. The zero-order chi connectivity index (χ0) is 20.5. The van der Waals surface area contributed by atoms with E-state index in [-0.39, 0.29) is 0 Å². The van der Waals surface area contributed by atoms with Crippen LogP contribution in [0.2, 0.25) is 0 Å². The zero-order valence-electron chi connectivity index (χ0n) is 16.7. The van der Waals surface area contributed by atoms with Crippen molar-refractivity contribution in [2.24, 2.45) is 0 Å². The van der Waals surface area contributed by atoms with Crippen molar-refractivity contribution in [3.8, 4) is 11.1 Å². The fourth-order valence-corrected chi connectivity index (χ4v) is 3.65. The predicted octanol–water partition coefficient (Wildman–Crippen LogP) is 4.42. The highest BCUT2D eigenvalue weighted by atomic mass is 16.4. The number of aromatic nitrogens is 4. The molecule has 4 aromatic rings. The number of carboxylic acid groups (broad SMARTS) is 1. The van der Waals surface area contributed by atoms with E-state index >= 15 is 0 Å². The van der Waals surface area contributed by atoms with Crippen LogP contribution in [-0.4, -0.2) is 30.6 Å². The molecule has 1 N–H and O–H groups in total. The van der Waals surface area contributed by atoms with Gasteiger partial charge in [-0.2, -0.15) is 0 Å². The Morgan fingerprint density at radius 2 is 1.72 bits per heavy atom. The molecule has 0 fully saturated rings. The van der Waals surface area contributed by atoms with Crippen LogP contribution in [0.3, 0.4) is 0 Å². The Morgan fingerprint density at radius 3 is 2.41 bits per heavy atom. The van der Waals surface area contributed by atoms with Gasteiger partial charge in [-0.25, -0.2) is 19.7 Å². The van der Waals surface area contributed by atoms with E-state index in [1.807, 2.05) is 50.2 Å². The summed E-state index contributed by atoms with van der Waals surface area (Å²) in [7, 11) is 0. The number of hydrogen-bond donors (Lipinski definition) is 1. The summed E-state index contributed by atoms with van der Waals surface area (Å²) < 4.78 is 2.14. The van der Waals surface area contributed by atoms with Gasteiger partial charge in [-0.3, -0.25) is 0 Å². The molecule has 0 spiro atoms. The van der Waals surface area contributed by atoms with Crippen molar-refractivity contribution in [3.05, 3.63) is 77.0 Å². The van der Waals surface area contributed by atoms with Gasteiger partial charge < -0.3 is 9.67 Å². The Kier molecular flexibility index (Phi) is 4.84. The lowest BCUT2D eigenvalue weighted by Gasteiger charge is -2.10. The van der Waals surface area contributed by atoms with Crippen molar-refractivity contribution in [3.63, 3.8) is 0 Å². The fraction of sp³-hybridized carbons (Fsp3) is 0.217. The summed E-state index contributed by atoms with van der Waals surface area (Å²) in [5.74, 6) is 0.787. The van der Waals surface area contributed by atoms with Gasteiger partial charge in [0, 0.05) is 6.42 Å². The van der Waals surface area contributed by atoms with Crippen molar-refractivity contribution < 1.29 is 9.90 Å². The van der Waals surface area contributed by atoms with E-state index in [1.54, 1.807) is 12.1 Å². The summed E-state index contributed by atoms with van der Waals surface area (Å²) in [6, 6.07) is 15.0. The first-order valence-corrected chi connectivity index (χ1v) is 9.60. The number of aryl methyl sites for hydroxylation is 3. The highest BCUT2D eigenvalue weighted by molar-refractivity contribution is 5.96. The number of hydrogen-bond acceptors (Lipinski definition) is 4. The van der Waals surface area contributed by atoms with Crippen LogP contribution in [0, 0.1) is 13.8 Å². The van der Waals surface area contributed by atoms with Crippen LogP contribution in [0.5, 0.6) is 0 Å². The minimum atomic E-state index is -0.924. The van der Waals surface area contributed by atoms with Crippen LogP contribution >= 0.6 is 0 Å². The Balaban J connectivity index is 1.71. The molecule has 2 aromatic carbocycles. The lowest BCUT2D eigenvalue weighted by atomic mass is 9.99. The number of benzene rings is 2. The molecule has 6 nitrogen and oxygen atoms in total. The van der Waals surface area contributed by atoms with Crippen LogP contribution in [-0.2, 0) is 13.0 Å². The summed E-state index contributed by atoms with van der Waals surface area (Å²) >= 11 is 0. The summed E-state index contributed by atoms with van der Waals surface area (Å²) in [6.07, 6.45) is 0.804. The maximum Gasteiger partial charge on any atom is 0.336 e. The van der Waals surface area contributed by atoms with E-state index in [1.165, 1.54) is 0 Å². The van der Waals surface area contributed by atoms with Crippen LogP contribution in [0.4, 0.5) is 0 Å². The second-order valence-electron chi connectivity index (χ2n) is 7.04. The van der Waals surface area contributed by atoms with Gasteiger partial charge in [0.1, 0.15) is 17.2 Å². The van der Waals surface area contributed by atoms with Crippen LogP contribution < -0.4 is 0 Å². The van der Waals surface area contributed by atoms with E-state index < -0.39 is 5.97 Å². The fourth-order valence-electron chi connectivity index (χ4n) is 3.65. The summed E-state index contributed by atoms with van der Waals surface area (Å²) in [6.45, 7) is 6.59. The van der Waals surface area contributed by atoms with E-state index in [9.17, 15) is 9.90 Å². The maximum absolute atomic E-state index is 11.5. The highest BCUT2D eigenvalue weighted by Gasteiger charge is 2.15. The summed E-state index contributed by atoms with van der Waals surface area (Å²) in [5, 5.41) is 9.43. The molecular weight excluding hydrogens is 364 g/mol. The number of imidazole rings is 1. The molecule has 4 rings (SSSR count). The molecule has 29 heavy (non-hydrogen) atoms. The lowest BCUT2D eigenvalue weighted by Crippen LogP contribution is -2.06. The number of rotatable bonds is 5. The third-order valence-corrected chi connectivity index (χ3v) is 5.04. The van der Waals surface area contributed by atoms with Gasteiger partial charge in [0.05, 0.1) is 17.8 Å². The second-order valence-corrected chi connectivity index (χ2v) is 7.04. The standard InChI is InChI=1S/C23H22N4O2/c1-4-20-26-21-14(2)24-15(3)25-22(21)27(20)13-16-9-11-17(12-10-16)18-7-5-6-8-19(18)23(28)29/h5-12H,4,13H2,1-3H3,(H,28,29). The SMILES string of the molecule is CCc1nc2c(C)nc(C)nc2n1Cc1ccc(-c2ccccc2C(=O)O)cc1. The highest BCUT2D eigenvalue weighted by Crippen LogP contribution is 2.25. The Morgan fingerprint density at radius 1 is 1.00 bits per heavy atom. The third-order valence-electron chi connectivity index (χ3n) is 5.04. The first kappa shape index (κ1) is 18.8. The van der Waals surface area contributed by atoms with Gasteiger partial charge in [-0.1, -0.05) is 49.4 Å². The molecule has 0 saturated heterocycles. The van der Waals surface area contributed by atoms with Crippen molar-refractivity contribution >= 4 is 17.1 Å². The molecule has 146 valence electrons. The zero-order valence-corrected chi connectivity index (χ0v) is 16.7. The molecule has 0 atom stereocenters. The van der Waals surface area contributed by atoms with Crippen LogP contribution in [0.25, 0.3) is 22.3 Å². The number of nitrogens with zero attached hydrogens (tertiary/aromatic N) is 4. The topological polar surface area (TPSA) is 80.9 Å². The van der Waals surface area contributed by atoms with Gasteiger partial charge in [-0.15, -0.1) is 0 Å². The third kappa shape index (κ3) is 3.49. The molecule has 0 bridgehead atoms. The van der Waals surface area contributed by atoms with Gasteiger partial charge in [-0.05, 0) is 36.6 Å². The molecule has 6 heteroatoms. The molecule has 0 aliphatic carbocycles. The molecule has 0 radical (unpaired) electrons. The van der Waals surface area contributed by atoms with Gasteiger partial charge in [0.25, 0.3) is 0 Å². The Bertz CT molecular complexity index is 1210. The molecule has 0 amide bonds. The van der Waals surface area contributed by atoms with Gasteiger partial charge in [0.2, 0.25) is 0 Å². The average molecular weight is 386 g/mol. The first-order chi connectivity index (χ1) is 14.0. The molecule has 2 aromatic heterocycles. The number of carboxylic acids is 1. The van der Waals surface area contributed by atoms with Crippen molar-refractivity contribution in [1.82, 2.24) is 19.5 Å². The average Bonchev–Trinajstić information content (AvgIpc) is 3.06. The van der Waals surface area contributed by atoms with E-state index in [4.69, 9.17) is 4.98 Å². The number of aromatic carboxylic acids is 1. The number of carbonyl (C=O) groups is 1. The van der Waals surface area contributed by atoms with Crippen LogP contribution in [0.1, 0.15) is 40.2 Å². The molecule has 0 aliphatic heterocycles. The van der Waals surface area contributed by atoms with Crippen LogP contribution in [0.15, 0.2) is 48.5 Å². The van der Waals surface area contributed by atoms with Gasteiger partial charge >= 0.3 is 5.97 Å². The van der Waals surface area contributed by atoms with Crippen molar-refractivity contribution in [2.45, 2.75) is 33.7 Å². The predicted molar refractivity (Wildman–Crippen MR) is 112 cm³/mol. The maximum atomic E-state index is 11.5. The largest absolute Gasteiger partial charge is 0.478 e. The Hall–Kier alpha value is -3.54. The van der Waals surface area contributed by atoms with E-state index in [2.05, 4.69) is 21.5 Å². The smallest absolute Gasteiger partial charge is 0.336 e. The normalized spacial score (nSPS) is 11.1.